The normalized spacial score (nSPS) is 11.2. The number of hydrogen-bond donors (Lipinski definition) is 0. The van der Waals surface area contributed by atoms with E-state index in [0.717, 1.165) is 23.2 Å². The lowest BCUT2D eigenvalue weighted by molar-refractivity contribution is 0.112. The zero-order valence-corrected chi connectivity index (χ0v) is 15.1. The second-order valence-corrected chi connectivity index (χ2v) is 6.42. The van der Waals surface area contributed by atoms with Crippen molar-refractivity contribution in [3.05, 3.63) is 66.4 Å². The zero-order valence-electron chi connectivity index (χ0n) is 15.1. The van der Waals surface area contributed by atoms with E-state index in [2.05, 4.69) is 28.9 Å². The Morgan fingerprint density at radius 2 is 2.00 bits per heavy atom. The van der Waals surface area contributed by atoms with Gasteiger partial charge < -0.3 is 9.14 Å². The van der Waals surface area contributed by atoms with Gasteiger partial charge in [-0.1, -0.05) is 6.07 Å². The Morgan fingerprint density at radius 1 is 1.11 bits per heavy atom. The van der Waals surface area contributed by atoms with E-state index >= 15 is 0 Å². The largest absolute Gasteiger partial charge is 0.488 e. The lowest BCUT2D eigenvalue weighted by atomic mass is 10.1. The predicted octanol–water partition coefficient (Wildman–Crippen LogP) is 3.57. The molecule has 27 heavy (non-hydrogen) atoms. The monoisotopic (exact) mass is 361 g/mol. The Balaban J connectivity index is 1.67. The third kappa shape index (κ3) is 3.08. The molecule has 7 heteroatoms. The number of aromatic nitrogens is 5. The maximum Gasteiger partial charge on any atom is 0.157 e. The SMILES string of the molecule is CC(C)n1nccc1-c1ncccc1COc1ccn2ccnc2c1C=O. The summed E-state index contributed by atoms with van der Waals surface area (Å²) in [7, 11) is 0. The molecule has 0 saturated heterocycles. The van der Waals surface area contributed by atoms with Crippen LogP contribution in [0.15, 0.2) is 55.2 Å². The van der Waals surface area contributed by atoms with Crippen LogP contribution in [0.5, 0.6) is 5.75 Å². The summed E-state index contributed by atoms with van der Waals surface area (Å²) in [6, 6.07) is 7.77. The fourth-order valence-corrected chi connectivity index (χ4v) is 3.08. The average molecular weight is 361 g/mol. The number of hydrogen-bond acceptors (Lipinski definition) is 5. The summed E-state index contributed by atoms with van der Waals surface area (Å²) in [6.45, 7) is 4.43. The number of carbonyl (C=O) groups is 1. The summed E-state index contributed by atoms with van der Waals surface area (Å²) in [6.07, 6.45) is 9.56. The summed E-state index contributed by atoms with van der Waals surface area (Å²) >= 11 is 0. The van der Waals surface area contributed by atoms with Crippen LogP contribution in [-0.2, 0) is 6.61 Å². The maximum atomic E-state index is 11.6. The van der Waals surface area contributed by atoms with Crippen LogP contribution >= 0.6 is 0 Å². The molecule has 0 N–H and O–H groups in total. The first-order valence-electron chi connectivity index (χ1n) is 8.70. The molecular weight excluding hydrogens is 342 g/mol. The highest BCUT2D eigenvalue weighted by Gasteiger charge is 2.15. The van der Waals surface area contributed by atoms with Crippen molar-refractivity contribution in [3.63, 3.8) is 0 Å². The van der Waals surface area contributed by atoms with Crippen molar-refractivity contribution in [3.8, 4) is 17.1 Å². The number of pyridine rings is 2. The van der Waals surface area contributed by atoms with E-state index in [9.17, 15) is 4.79 Å². The molecule has 0 aromatic carbocycles. The Bertz CT molecular complexity index is 1100. The van der Waals surface area contributed by atoms with Gasteiger partial charge in [-0.25, -0.2) is 4.98 Å². The highest BCUT2D eigenvalue weighted by Crippen LogP contribution is 2.26. The minimum absolute atomic E-state index is 0.218. The third-order valence-corrected chi connectivity index (χ3v) is 4.36. The second-order valence-electron chi connectivity index (χ2n) is 6.42. The minimum atomic E-state index is 0.218. The van der Waals surface area contributed by atoms with Crippen LogP contribution in [0.3, 0.4) is 0 Å². The first-order chi connectivity index (χ1) is 13.2. The standard InChI is InChI=1S/C20H19N5O2/c1-14(2)25-17(5-8-23-25)19-15(4-3-7-21-19)13-27-18-6-10-24-11-9-22-20(24)16(18)12-26/h3-12,14H,13H2,1-2H3. The van der Waals surface area contributed by atoms with E-state index in [-0.39, 0.29) is 12.6 Å². The molecule has 136 valence electrons. The molecule has 0 amide bonds. The van der Waals surface area contributed by atoms with Crippen LogP contribution in [-0.4, -0.2) is 30.4 Å². The van der Waals surface area contributed by atoms with Crippen molar-refractivity contribution >= 4 is 11.9 Å². The topological polar surface area (TPSA) is 74.3 Å². The molecule has 0 unspecified atom stereocenters. The first kappa shape index (κ1) is 17.0. The van der Waals surface area contributed by atoms with Crippen LogP contribution in [0, 0.1) is 0 Å². The maximum absolute atomic E-state index is 11.6. The number of fused-ring (bicyclic) bond motifs is 1. The predicted molar refractivity (Wildman–Crippen MR) is 101 cm³/mol. The van der Waals surface area contributed by atoms with Gasteiger partial charge in [-0.15, -0.1) is 0 Å². The Morgan fingerprint density at radius 3 is 2.81 bits per heavy atom. The van der Waals surface area contributed by atoms with Crippen molar-refractivity contribution in [2.45, 2.75) is 26.5 Å². The molecule has 7 nitrogen and oxygen atoms in total. The molecule has 0 bridgehead atoms. The number of ether oxygens (including phenoxy) is 1. The molecule has 0 atom stereocenters. The Hall–Kier alpha value is -3.48. The van der Waals surface area contributed by atoms with Crippen LogP contribution in [0.1, 0.15) is 35.8 Å². The molecule has 0 aliphatic carbocycles. The van der Waals surface area contributed by atoms with Crippen LogP contribution in [0.25, 0.3) is 17.0 Å². The van der Waals surface area contributed by atoms with E-state index in [1.165, 1.54) is 0 Å². The summed E-state index contributed by atoms with van der Waals surface area (Å²) in [5.41, 5.74) is 3.67. The van der Waals surface area contributed by atoms with Gasteiger partial charge >= 0.3 is 0 Å². The molecule has 0 saturated carbocycles. The van der Waals surface area contributed by atoms with Crippen LogP contribution < -0.4 is 4.74 Å². The van der Waals surface area contributed by atoms with E-state index < -0.39 is 0 Å². The number of aldehydes is 1. The highest BCUT2D eigenvalue weighted by atomic mass is 16.5. The van der Waals surface area contributed by atoms with E-state index in [4.69, 9.17) is 4.74 Å². The molecule has 0 aliphatic rings. The van der Waals surface area contributed by atoms with Crippen LogP contribution in [0.4, 0.5) is 0 Å². The summed E-state index contributed by atoms with van der Waals surface area (Å²) in [5.74, 6) is 0.496. The van der Waals surface area contributed by atoms with Gasteiger partial charge in [0.15, 0.2) is 11.9 Å². The number of rotatable bonds is 6. The average Bonchev–Trinajstić information content (AvgIpc) is 3.35. The summed E-state index contributed by atoms with van der Waals surface area (Å²) < 4.78 is 9.69. The summed E-state index contributed by atoms with van der Waals surface area (Å²) in [5, 5.41) is 4.39. The minimum Gasteiger partial charge on any atom is -0.488 e. The van der Waals surface area contributed by atoms with E-state index in [0.29, 0.717) is 17.0 Å². The molecule has 0 spiro atoms. The van der Waals surface area contributed by atoms with Gasteiger partial charge in [0.05, 0.1) is 17.0 Å². The van der Waals surface area contributed by atoms with Crippen molar-refractivity contribution < 1.29 is 9.53 Å². The van der Waals surface area contributed by atoms with Gasteiger partial charge in [0, 0.05) is 42.6 Å². The molecule has 4 aromatic rings. The molecule has 4 aromatic heterocycles. The van der Waals surface area contributed by atoms with E-state index in [1.54, 1.807) is 35.3 Å². The number of imidazole rings is 1. The third-order valence-electron chi connectivity index (χ3n) is 4.36. The lowest BCUT2D eigenvalue weighted by Crippen LogP contribution is -2.08. The van der Waals surface area contributed by atoms with Gasteiger partial charge in [0.1, 0.15) is 12.4 Å². The first-order valence-corrected chi connectivity index (χ1v) is 8.70. The van der Waals surface area contributed by atoms with Gasteiger partial charge in [-0.3, -0.25) is 14.5 Å². The van der Waals surface area contributed by atoms with Crippen LogP contribution in [0.2, 0.25) is 0 Å². The lowest BCUT2D eigenvalue weighted by Gasteiger charge is -2.14. The van der Waals surface area contributed by atoms with E-state index in [1.807, 2.05) is 29.1 Å². The molecule has 4 heterocycles. The van der Waals surface area contributed by atoms with Gasteiger partial charge in [-0.05, 0) is 32.0 Å². The molecule has 4 rings (SSSR count). The Labute approximate surface area is 156 Å². The van der Waals surface area contributed by atoms with Gasteiger partial charge in [0.25, 0.3) is 0 Å². The Kier molecular flexibility index (Phi) is 4.42. The number of carbonyl (C=O) groups excluding carboxylic acids is 1. The van der Waals surface area contributed by atoms with Crippen molar-refractivity contribution in [2.75, 3.05) is 0 Å². The van der Waals surface area contributed by atoms with Crippen molar-refractivity contribution in [2.24, 2.45) is 0 Å². The fourth-order valence-electron chi connectivity index (χ4n) is 3.08. The smallest absolute Gasteiger partial charge is 0.157 e. The zero-order chi connectivity index (χ0) is 18.8. The molecule has 0 radical (unpaired) electrons. The second kappa shape index (κ2) is 7.03. The molecular formula is C20H19N5O2. The quantitative estimate of drug-likeness (QED) is 0.491. The van der Waals surface area contributed by atoms with Crippen molar-refractivity contribution in [1.82, 2.24) is 24.1 Å². The fraction of sp³-hybridized carbons (Fsp3) is 0.200. The van der Waals surface area contributed by atoms with Gasteiger partial charge in [-0.2, -0.15) is 5.10 Å². The van der Waals surface area contributed by atoms with Gasteiger partial charge in [0.2, 0.25) is 0 Å². The highest BCUT2D eigenvalue weighted by molar-refractivity contribution is 5.88. The molecule has 0 aliphatic heterocycles. The molecule has 0 fully saturated rings. The summed E-state index contributed by atoms with van der Waals surface area (Å²) in [4.78, 5) is 20.3. The number of nitrogens with zero attached hydrogens (tertiary/aromatic N) is 5. The van der Waals surface area contributed by atoms with Crippen molar-refractivity contribution in [1.29, 1.82) is 0 Å².